The third kappa shape index (κ3) is 4.93. The van der Waals surface area contributed by atoms with E-state index in [1.807, 2.05) is 0 Å². The van der Waals surface area contributed by atoms with Gasteiger partial charge < -0.3 is 10.6 Å². The number of unbranched alkanes of at least 4 members (excludes halogenated alkanes) is 1. The van der Waals surface area contributed by atoms with Gasteiger partial charge in [0.15, 0.2) is 0 Å². The van der Waals surface area contributed by atoms with Crippen molar-refractivity contribution in [2.24, 2.45) is 5.73 Å². The summed E-state index contributed by atoms with van der Waals surface area (Å²) in [5.41, 5.74) is 9.30. The molecular weight excluding hydrogens is 188 g/mol. The van der Waals surface area contributed by atoms with Crippen molar-refractivity contribution < 1.29 is 0 Å². The molecule has 0 spiro atoms. The lowest BCUT2D eigenvalue weighted by atomic mass is 10.1. The van der Waals surface area contributed by atoms with Crippen LogP contribution in [0.1, 0.15) is 26.2 Å². The summed E-state index contributed by atoms with van der Waals surface area (Å²) in [6.45, 7) is 7.49. The number of rotatable bonds is 6. The van der Waals surface area contributed by atoms with Gasteiger partial charge in [0.25, 0.3) is 0 Å². The first kappa shape index (κ1) is 12.9. The van der Waals surface area contributed by atoms with Crippen LogP contribution >= 0.6 is 0 Å². The van der Waals surface area contributed by atoms with Crippen LogP contribution in [0.3, 0.4) is 0 Å². The molecule has 1 fully saturated rings. The zero-order valence-electron chi connectivity index (χ0n) is 10.2. The van der Waals surface area contributed by atoms with E-state index in [0.29, 0.717) is 6.04 Å². The second-order valence-electron chi connectivity index (χ2n) is 4.49. The molecule has 1 atom stereocenters. The Bertz CT molecular complexity index is 152. The molecule has 1 saturated heterocycles. The van der Waals surface area contributed by atoms with Crippen LogP contribution in [-0.4, -0.2) is 55.7 Å². The monoisotopic (exact) mass is 214 g/mol. The van der Waals surface area contributed by atoms with Crippen molar-refractivity contribution in [1.29, 1.82) is 0 Å². The lowest BCUT2D eigenvalue weighted by molar-refractivity contribution is 0.0858. The van der Waals surface area contributed by atoms with Gasteiger partial charge in [0.1, 0.15) is 0 Å². The SMILES string of the molecule is CCCCC(CN)NN1CCN(C)CC1. The Balaban J connectivity index is 2.19. The summed E-state index contributed by atoms with van der Waals surface area (Å²) in [4.78, 5) is 2.36. The molecule has 4 nitrogen and oxygen atoms in total. The van der Waals surface area contributed by atoms with Crippen LogP contribution in [0.4, 0.5) is 0 Å². The predicted molar refractivity (Wildman–Crippen MR) is 64.6 cm³/mol. The highest BCUT2D eigenvalue weighted by Crippen LogP contribution is 2.02. The maximum Gasteiger partial charge on any atom is 0.0337 e. The fourth-order valence-electron chi connectivity index (χ4n) is 1.88. The topological polar surface area (TPSA) is 44.5 Å². The van der Waals surface area contributed by atoms with E-state index in [9.17, 15) is 0 Å². The van der Waals surface area contributed by atoms with Gasteiger partial charge in [0, 0.05) is 38.8 Å². The van der Waals surface area contributed by atoms with Crippen LogP contribution in [0.2, 0.25) is 0 Å². The number of likely N-dealkylation sites (N-methyl/N-ethyl adjacent to an activating group) is 1. The van der Waals surface area contributed by atoms with E-state index in [0.717, 1.165) is 32.7 Å². The molecule has 0 aromatic heterocycles. The third-order valence-electron chi connectivity index (χ3n) is 3.06. The summed E-state index contributed by atoms with van der Waals surface area (Å²) >= 11 is 0. The molecule has 1 aliphatic rings. The zero-order chi connectivity index (χ0) is 11.1. The minimum atomic E-state index is 0.466. The number of hydrazine groups is 1. The number of hydrogen-bond acceptors (Lipinski definition) is 4. The highest BCUT2D eigenvalue weighted by molar-refractivity contribution is 4.71. The lowest BCUT2D eigenvalue weighted by Crippen LogP contribution is -2.55. The summed E-state index contributed by atoms with van der Waals surface area (Å²) in [6.07, 6.45) is 3.71. The highest BCUT2D eigenvalue weighted by atomic mass is 15.5. The number of nitrogens with two attached hydrogens (primary N) is 1. The largest absolute Gasteiger partial charge is 0.329 e. The number of hydrogen-bond donors (Lipinski definition) is 2. The van der Waals surface area contributed by atoms with Gasteiger partial charge >= 0.3 is 0 Å². The van der Waals surface area contributed by atoms with Gasteiger partial charge in [0.2, 0.25) is 0 Å². The van der Waals surface area contributed by atoms with Crippen LogP contribution in [0, 0.1) is 0 Å². The average Bonchev–Trinajstić information content (AvgIpc) is 2.27. The molecule has 3 N–H and O–H groups in total. The molecule has 15 heavy (non-hydrogen) atoms. The minimum Gasteiger partial charge on any atom is -0.329 e. The molecule has 1 heterocycles. The maximum atomic E-state index is 5.76. The number of piperazine rings is 1. The zero-order valence-corrected chi connectivity index (χ0v) is 10.2. The second-order valence-corrected chi connectivity index (χ2v) is 4.49. The summed E-state index contributed by atoms with van der Waals surface area (Å²) in [5, 5.41) is 2.33. The van der Waals surface area contributed by atoms with Crippen LogP contribution < -0.4 is 11.2 Å². The fraction of sp³-hybridized carbons (Fsp3) is 1.00. The van der Waals surface area contributed by atoms with Crippen LogP contribution in [-0.2, 0) is 0 Å². The van der Waals surface area contributed by atoms with Gasteiger partial charge in [-0.3, -0.25) is 5.43 Å². The fourth-order valence-corrected chi connectivity index (χ4v) is 1.88. The Morgan fingerprint density at radius 1 is 1.27 bits per heavy atom. The third-order valence-corrected chi connectivity index (χ3v) is 3.06. The van der Waals surface area contributed by atoms with Crippen LogP contribution in [0.15, 0.2) is 0 Å². The van der Waals surface area contributed by atoms with Crippen molar-refractivity contribution in [2.75, 3.05) is 39.8 Å². The molecule has 4 heteroatoms. The van der Waals surface area contributed by atoms with E-state index < -0.39 is 0 Å². The Kier molecular flexibility index (Phi) is 6.17. The molecule has 0 aromatic rings. The number of nitrogens with one attached hydrogen (secondary N) is 1. The van der Waals surface area contributed by atoms with Crippen molar-refractivity contribution in [1.82, 2.24) is 15.3 Å². The van der Waals surface area contributed by atoms with E-state index in [1.165, 1.54) is 19.3 Å². The van der Waals surface area contributed by atoms with Crippen molar-refractivity contribution in [2.45, 2.75) is 32.2 Å². The van der Waals surface area contributed by atoms with Crippen LogP contribution in [0.5, 0.6) is 0 Å². The Hall–Kier alpha value is -0.160. The Morgan fingerprint density at radius 3 is 2.47 bits per heavy atom. The van der Waals surface area contributed by atoms with E-state index in [2.05, 4.69) is 29.3 Å². The first-order valence-corrected chi connectivity index (χ1v) is 6.16. The number of nitrogens with zero attached hydrogens (tertiary/aromatic N) is 2. The Labute approximate surface area is 93.8 Å². The first-order valence-electron chi connectivity index (χ1n) is 6.16. The molecule has 1 rings (SSSR count). The maximum absolute atomic E-state index is 5.76. The first-order chi connectivity index (χ1) is 7.26. The van der Waals surface area contributed by atoms with E-state index in [-0.39, 0.29) is 0 Å². The van der Waals surface area contributed by atoms with Gasteiger partial charge in [-0.05, 0) is 13.5 Å². The van der Waals surface area contributed by atoms with Gasteiger partial charge in [-0.25, -0.2) is 5.01 Å². The van der Waals surface area contributed by atoms with Gasteiger partial charge in [-0.15, -0.1) is 0 Å². The molecule has 0 radical (unpaired) electrons. The van der Waals surface area contributed by atoms with Gasteiger partial charge in [-0.2, -0.15) is 0 Å². The van der Waals surface area contributed by atoms with Gasteiger partial charge in [-0.1, -0.05) is 19.8 Å². The smallest absolute Gasteiger partial charge is 0.0337 e. The average molecular weight is 214 g/mol. The second kappa shape index (κ2) is 7.17. The summed E-state index contributed by atoms with van der Waals surface area (Å²) in [5.74, 6) is 0. The van der Waals surface area contributed by atoms with Crippen molar-refractivity contribution >= 4 is 0 Å². The highest BCUT2D eigenvalue weighted by Gasteiger charge is 2.16. The molecule has 0 saturated carbocycles. The predicted octanol–water partition coefficient (Wildman–Crippen LogP) is 0.256. The molecule has 90 valence electrons. The van der Waals surface area contributed by atoms with E-state index in [1.54, 1.807) is 0 Å². The van der Waals surface area contributed by atoms with Gasteiger partial charge in [0.05, 0.1) is 0 Å². The molecule has 1 aliphatic heterocycles. The quantitative estimate of drug-likeness (QED) is 0.665. The molecule has 0 aromatic carbocycles. The summed E-state index contributed by atoms with van der Waals surface area (Å²) in [7, 11) is 2.18. The molecule has 0 aliphatic carbocycles. The summed E-state index contributed by atoms with van der Waals surface area (Å²) in [6, 6.07) is 0.466. The molecule has 1 unspecified atom stereocenters. The lowest BCUT2D eigenvalue weighted by Gasteiger charge is -2.35. The minimum absolute atomic E-state index is 0.466. The van der Waals surface area contributed by atoms with Crippen molar-refractivity contribution in [3.63, 3.8) is 0 Å². The van der Waals surface area contributed by atoms with E-state index in [4.69, 9.17) is 5.73 Å². The summed E-state index contributed by atoms with van der Waals surface area (Å²) < 4.78 is 0. The van der Waals surface area contributed by atoms with Crippen molar-refractivity contribution in [3.05, 3.63) is 0 Å². The Morgan fingerprint density at radius 2 is 1.93 bits per heavy atom. The molecular formula is C11H26N4. The molecule has 0 amide bonds. The van der Waals surface area contributed by atoms with E-state index >= 15 is 0 Å². The van der Waals surface area contributed by atoms with Crippen LogP contribution in [0.25, 0.3) is 0 Å². The van der Waals surface area contributed by atoms with Crippen molar-refractivity contribution in [3.8, 4) is 0 Å². The standard InChI is InChI=1S/C11H26N4/c1-3-4-5-11(10-12)13-15-8-6-14(2)7-9-15/h11,13H,3-10,12H2,1-2H3. The molecule has 0 bridgehead atoms. The normalized spacial score (nSPS) is 21.8.